The summed E-state index contributed by atoms with van der Waals surface area (Å²) in [6.45, 7) is 4.03. The number of ether oxygens (including phenoxy) is 1. The molecule has 138 valence electrons. The predicted molar refractivity (Wildman–Crippen MR) is 103 cm³/mol. The molecule has 2 rings (SSSR count). The summed E-state index contributed by atoms with van der Waals surface area (Å²) in [6, 6.07) is 13.1. The number of sulfone groups is 1. The highest BCUT2D eigenvalue weighted by Gasteiger charge is 2.28. The zero-order valence-corrected chi connectivity index (χ0v) is 16.3. The molecule has 0 aliphatic rings. The lowest BCUT2D eigenvalue weighted by molar-refractivity contribution is -0.135. The Morgan fingerprint density at radius 2 is 1.65 bits per heavy atom. The molecule has 0 aliphatic carbocycles. The second-order valence-electron chi connectivity index (χ2n) is 5.88. The molecule has 2 aromatic carbocycles. The van der Waals surface area contributed by atoms with Crippen LogP contribution in [0.3, 0.4) is 0 Å². The fraction of sp³-hybridized carbons (Fsp3) is 0.211. The number of nitrogens with one attached hydrogen (secondary N) is 1. The second kappa shape index (κ2) is 8.38. The number of rotatable bonds is 6. The van der Waals surface area contributed by atoms with Crippen LogP contribution in [0.25, 0.3) is 0 Å². The van der Waals surface area contributed by atoms with Crippen molar-refractivity contribution < 1.29 is 17.9 Å². The average Bonchev–Trinajstić information content (AvgIpc) is 2.63. The molecule has 0 unspecified atom stereocenters. The first-order valence-electron chi connectivity index (χ1n) is 7.91. The highest BCUT2D eigenvalue weighted by Crippen LogP contribution is 2.24. The van der Waals surface area contributed by atoms with Gasteiger partial charge in [0.2, 0.25) is 9.84 Å². The van der Waals surface area contributed by atoms with Crippen LogP contribution in [0.2, 0.25) is 5.02 Å². The first-order valence-corrected chi connectivity index (χ1v) is 9.77. The van der Waals surface area contributed by atoms with E-state index < -0.39 is 20.7 Å². The largest absolute Gasteiger partial charge is 0.465 e. The summed E-state index contributed by atoms with van der Waals surface area (Å²) < 4.78 is 30.4. The van der Waals surface area contributed by atoms with Gasteiger partial charge in [0, 0.05) is 16.9 Å². The Morgan fingerprint density at radius 1 is 1.08 bits per heavy atom. The van der Waals surface area contributed by atoms with Crippen molar-refractivity contribution in [1.29, 1.82) is 0 Å². The predicted octanol–water partition coefficient (Wildman–Crippen LogP) is 4.36. The van der Waals surface area contributed by atoms with E-state index in [0.29, 0.717) is 10.7 Å². The number of esters is 1. The smallest absolute Gasteiger partial charge is 0.351 e. The van der Waals surface area contributed by atoms with Crippen LogP contribution in [-0.2, 0) is 19.4 Å². The first-order chi connectivity index (χ1) is 12.3. The number of anilines is 1. The zero-order valence-electron chi connectivity index (χ0n) is 14.7. The molecule has 0 aromatic heterocycles. The third kappa shape index (κ3) is 4.65. The van der Waals surface area contributed by atoms with Gasteiger partial charge in [-0.05, 0) is 47.9 Å². The Hall–Kier alpha value is -2.31. The molecule has 0 bridgehead atoms. The third-order valence-electron chi connectivity index (χ3n) is 3.75. The van der Waals surface area contributed by atoms with Crippen LogP contribution in [-0.4, -0.2) is 21.5 Å². The van der Waals surface area contributed by atoms with Crippen molar-refractivity contribution in [3.63, 3.8) is 0 Å². The van der Waals surface area contributed by atoms with Gasteiger partial charge < -0.3 is 10.1 Å². The summed E-state index contributed by atoms with van der Waals surface area (Å²) in [4.78, 5) is 11.6. The number of benzene rings is 2. The van der Waals surface area contributed by atoms with Crippen LogP contribution in [0, 0.1) is 0 Å². The lowest BCUT2D eigenvalue weighted by Gasteiger charge is -2.10. The molecule has 0 heterocycles. The quantitative estimate of drug-likeness (QED) is 0.583. The number of hydrogen-bond acceptors (Lipinski definition) is 5. The molecule has 0 atom stereocenters. The molecule has 0 fully saturated rings. The van der Waals surface area contributed by atoms with Gasteiger partial charge in [0.1, 0.15) is 0 Å². The van der Waals surface area contributed by atoms with Crippen LogP contribution in [0.5, 0.6) is 0 Å². The van der Waals surface area contributed by atoms with Gasteiger partial charge in [-0.3, -0.25) is 0 Å². The van der Waals surface area contributed by atoms with E-state index in [4.69, 9.17) is 11.6 Å². The van der Waals surface area contributed by atoms with Crippen LogP contribution < -0.4 is 5.32 Å². The van der Waals surface area contributed by atoms with Gasteiger partial charge in [-0.1, -0.05) is 37.6 Å². The van der Waals surface area contributed by atoms with E-state index in [9.17, 15) is 13.2 Å². The molecular formula is C19H20ClNO4S. The second-order valence-corrected chi connectivity index (χ2v) is 8.23. The molecule has 2 aromatic rings. The Balaban J connectivity index is 2.39. The van der Waals surface area contributed by atoms with Crippen LogP contribution in [0.4, 0.5) is 5.69 Å². The van der Waals surface area contributed by atoms with E-state index in [0.717, 1.165) is 18.9 Å². The van der Waals surface area contributed by atoms with Crippen molar-refractivity contribution in [2.24, 2.45) is 0 Å². The highest BCUT2D eigenvalue weighted by atomic mass is 35.5. The van der Waals surface area contributed by atoms with E-state index in [1.165, 1.54) is 12.1 Å². The van der Waals surface area contributed by atoms with Gasteiger partial charge in [0.05, 0.1) is 12.0 Å². The minimum atomic E-state index is -4.04. The van der Waals surface area contributed by atoms with Crippen molar-refractivity contribution in [2.75, 3.05) is 12.4 Å². The summed E-state index contributed by atoms with van der Waals surface area (Å²) in [5, 5.41) is 3.34. The summed E-state index contributed by atoms with van der Waals surface area (Å²) in [7, 11) is -2.90. The third-order valence-corrected chi connectivity index (χ3v) is 5.76. The van der Waals surface area contributed by atoms with E-state index >= 15 is 0 Å². The number of halogens is 1. The van der Waals surface area contributed by atoms with E-state index in [1.54, 1.807) is 36.4 Å². The van der Waals surface area contributed by atoms with Crippen LogP contribution >= 0.6 is 11.6 Å². The molecule has 1 N–H and O–H groups in total. The van der Waals surface area contributed by atoms with Gasteiger partial charge in [-0.2, -0.15) is 0 Å². The maximum Gasteiger partial charge on any atom is 0.351 e. The molecule has 7 heteroatoms. The first kappa shape index (κ1) is 20.0. The van der Waals surface area contributed by atoms with Gasteiger partial charge >= 0.3 is 5.97 Å². The number of methoxy groups -OCH3 is 1. The topological polar surface area (TPSA) is 72.5 Å². The minimum absolute atomic E-state index is 0.0245. The van der Waals surface area contributed by atoms with Crippen molar-refractivity contribution in [3.05, 3.63) is 70.2 Å². The maximum atomic E-state index is 12.9. The Kier molecular flexibility index (Phi) is 6.45. The standard InChI is InChI=1S/C19H20ClNO4S/c1-13(2)14-4-10-17(11-5-14)26(23,24)18(19(22)25-3)12-21-16-8-6-15(20)7-9-16/h4-13,21H,1-3H3. The Morgan fingerprint density at radius 3 is 2.15 bits per heavy atom. The van der Waals surface area contributed by atoms with Gasteiger partial charge in [0.25, 0.3) is 0 Å². The van der Waals surface area contributed by atoms with Crippen LogP contribution in [0.15, 0.2) is 64.5 Å². The van der Waals surface area contributed by atoms with E-state index in [2.05, 4.69) is 10.1 Å². The monoisotopic (exact) mass is 393 g/mol. The normalized spacial score (nSPS) is 12.1. The fourth-order valence-corrected chi connectivity index (χ4v) is 3.59. The number of hydrogen-bond donors (Lipinski definition) is 1. The van der Waals surface area contributed by atoms with Crippen molar-refractivity contribution in [1.82, 2.24) is 0 Å². The molecule has 0 amide bonds. The molecular weight excluding hydrogens is 374 g/mol. The van der Waals surface area contributed by atoms with Gasteiger partial charge in [0.15, 0.2) is 4.91 Å². The van der Waals surface area contributed by atoms with Crippen molar-refractivity contribution in [2.45, 2.75) is 24.7 Å². The van der Waals surface area contributed by atoms with Crippen molar-refractivity contribution >= 4 is 33.1 Å². The molecule has 0 saturated heterocycles. The Labute approximate surface area is 158 Å². The van der Waals surface area contributed by atoms with Gasteiger partial charge in [-0.25, -0.2) is 13.2 Å². The lowest BCUT2D eigenvalue weighted by atomic mass is 10.0. The van der Waals surface area contributed by atoms with E-state index in [1.807, 2.05) is 13.8 Å². The van der Waals surface area contributed by atoms with Crippen LogP contribution in [0.1, 0.15) is 25.3 Å². The summed E-state index contributed by atoms with van der Waals surface area (Å²) in [5.74, 6) is -0.673. The van der Waals surface area contributed by atoms with E-state index in [-0.39, 0.29) is 10.8 Å². The molecule has 0 spiro atoms. The summed E-state index contributed by atoms with van der Waals surface area (Å²) in [5.41, 5.74) is 1.59. The fourth-order valence-electron chi connectivity index (χ4n) is 2.20. The highest BCUT2D eigenvalue weighted by molar-refractivity contribution is 7.96. The number of carbonyl (C=O) groups excluding carboxylic acids is 1. The number of carbonyl (C=O) groups is 1. The lowest BCUT2D eigenvalue weighted by Crippen LogP contribution is -2.17. The molecule has 0 radical (unpaired) electrons. The molecule has 0 saturated carbocycles. The minimum Gasteiger partial charge on any atom is -0.465 e. The molecule has 26 heavy (non-hydrogen) atoms. The summed E-state index contributed by atoms with van der Waals surface area (Å²) >= 11 is 5.82. The molecule has 0 aliphatic heterocycles. The molecule has 5 nitrogen and oxygen atoms in total. The SMILES string of the molecule is COC(=O)C(=CNc1ccc(Cl)cc1)S(=O)(=O)c1ccc(C(C)C)cc1. The van der Waals surface area contributed by atoms with Crippen molar-refractivity contribution in [3.8, 4) is 0 Å². The van der Waals surface area contributed by atoms with Gasteiger partial charge in [-0.15, -0.1) is 0 Å². The maximum absolute atomic E-state index is 12.9. The zero-order chi connectivity index (χ0) is 19.3. The summed E-state index contributed by atoms with van der Waals surface area (Å²) in [6.07, 6.45) is 1.13. The average molecular weight is 394 g/mol. The Bertz CT molecular complexity index is 902.